The highest BCUT2D eigenvalue weighted by molar-refractivity contribution is 4.92. The number of allylic oxidation sites excluding steroid dienone is 1. The van der Waals surface area contributed by atoms with Crippen LogP contribution in [0.2, 0.25) is 0 Å². The van der Waals surface area contributed by atoms with Gasteiger partial charge in [0.2, 0.25) is 0 Å². The van der Waals surface area contributed by atoms with Gasteiger partial charge in [0.25, 0.3) is 0 Å². The van der Waals surface area contributed by atoms with Crippen molar-refractivity contribution < 1.29 is 4.74 Å². The first-order valence-electron chi connectivity index (χ1n) is 7.42. The van der Waals surface area contributed by atoms with Gasteiger partial charge in [-0.25, -0.2) is 0 Å². The molecule has 2 N–H and O–H groups in total. The maximum Gasteiger partial charge on any atom is 0.0759 e. The predicted octanol–water partition coefficient (Wildman–Crippen LogP) is 3.41. The van der Waals surface area contributed by atoms with Gasteiger partial charge in [-0.1, -0.05) is 37.8 Å². The van der Waals surface area contributed by atoms with Crippen LogP contribution in [0.25, 0.3) is 0 Å². The molecule has 3 unspecified atom stereocenters. The van der Waals surface area contributed by atoms with Crippen LogP contribution in [0.4, 0.5) is 0 Å². The normalized spacial score (nSPS) is 37.1. The molecule has 1 saturated carbocycles. The van der Waals surface area contributed by atoms with Crippen LogP contribution in [-0.4, -0.2) is 18.8 Å². The average Bonchev–Trinajstić information content (AvgIpc) is 2.33. The van der Waals surface area contributed by atoms with Crippen molar-refractivity contribution in [2.24, 2.45) is 11.7 Å². The molecule has 0 radical (unpaired) electrons. The average molecular weight is 237 g/mol. The first-order chi connectivity index (χ1) is 8.40. The number of hydrogen-bond donors (Lipinski definition) is 1. The maximum absolute atomic E-state index is 6.30. The SMILES string of the molecule is NCC1CCCCC1OC1/C=C/CCCCC1. The van der Waals surface area contributed by atoms with Gasteiger partial charge in [-0.2, -0.15) is 0 Å². The topological polar surface area (TPSA) is 35.2 Å². The smallest absolute Gasteiger partial charge is 0.0759 e. The zero-order valence-electron chi connectivity index (χ0n) is 10.9. The molecule has 0 amide bonds. The molecule has 2 heteroatoms. The lowest BCUT2D eigenvalue weighted by Gasteiger charge is -2.33. The fourth-order valence-corrected chi connectivity index (χ4v) is 3.09. The molecular weight excluding hydrogens is 210 g/mol. The van der Waals surface area contributed by atoms with Gasteiger partial charge in [-0.05, 0) is 44.6 Å². The van der Waals surface area contributed by atoms with Crippen LogP contribution in [0.3, 0.4) is 0 Å². The minimum atomic E-state index is 0.354. The van der Waals surface area contributed by atoms with Gasteiger partial charge in [0.05, 0.1) is 12.2 Å². The van der Waals surface area contributed by atoms with E-state index in [1.54, 1.807) is 0 Å². The third kappa shape index (κ3) is 4.11. The summed E-state index contributed by atoms with van der Waals surface area (Å²) in [6.45, 7) is 0.793. The number of rotatable bonds is 3. The Labute approximate surface area is 106 Å². The van der Waals surface area contributed by atoms with E-state index in [4.69, 9.17) is 10.5 Å². The fourth-order valence-electron chi connectivity index (χ4n) is 3.09. The Kier molecular flexibility index (Phi) is 5.53. The predicted molar refractivity (Wildman–Crippen MR) is 71.9 cm³/mol. The first kappa shape index (κ1) is 13.1. The Morgan fingerprint density at radius 1 is 1.00 bits per heavy atom. The van der Waals surface area contributed by atoms with Gasteiger partial charge in [0.15, 0.2) is 0 Å². The molecule has 2 rings (SSSR count). The van der Waals surface area contributed by atoms with Crippen molar-refractivity contribution in [3.8, 4) is 0 Å². The third-order valence-corrected chi connectivity index (χ3v) is 4.20. The van der Waals surface area contributed by atoms with Crippen molar-refractivity contribution in [3.63, 3.8) is 0 Å². The van der Waals surface area contributed by atoms with Crippen molar-refractivity contribution in [2.45, 2.75) is 70.0 Å². The van der Waals surface area contributed by atoms with E-state index in [0.717, 1.165) is 6.54 Å². The minimum Gasteiger partial charge on any atom is -0.371 e. The number of hydrogen-bond acceptors (Lipinski definition) is 2. The maximum atomic E-state index is 6.30. The molecule has 0 aromatic rings. The molecule has 0 spiro atoms. The molecule has 3 atom stereocenters. The van der Waals surface area contributed by atoms with Gasteiger partial charge >= 0.3 is 0 Å². The van der Waals surface area contributed by atoms with Crippen LogP contribution in [0.5, 0.6) is 0 Å². The Balaban J connectivity index is 1.86. The lowest BCUT2D eigenvalue weighted by atomic mass is 9.86. The Morgan fingerprint density at radius 2 is 1.82 bits per heavy atom. The third-order valence-electron chi connectivity index (χ3n) is 4.20. The van der Waals surface area contributed by atoms with Crippen molar-refractivity contribution in [3.05, 3.63) is 12.2 Å². The van der Waals surface area contributed by atoms with Crippen molar-refractivity contribution in [1.82, 2.24) is 0 Å². The summed E-state index contributed by atoms with van der Waals surface area (Å²) >= 11 is 0. The fraction of sp³-hybridized carbons (Fsp3) is 0.867. The number of ether oxygens (including phenoxy) is 1. The van der Waals surface area contributed by atoms with E-state index in [2.05, 4.69) is 12.2 Å². The van der Waals surface area contributed by atoms with E-state index in [0.29, 0.717) is 18.1 Å². The van der Waals surface area contributed by atoms with E-state index in [1.165, 1.54) is 57.8 Å². The molecule has 0 aromatic heterocycles. The molecule has 2 nitrogen and oxygen atoms in total. The summed E-state index contributed by atoms with van der Waals surface area (Å²) in [5.74, 6) is 0.600. The van der Waals surface area contributed by atoms with Crippen molar-refractivity contribution >= 4 is 0 Å². The second kappa shape index (κ2) is 7.17. The van der Waals surface area contributed by atoms with Gasteiger partial charge in [-0.15, -0.1) is 0 Å². The summed E-state index contributed by atoms with van der Waals surface area (Å²) in [5, 5.41) is 0. The molecule has 1 fully saturated rings. The van der Waals surface area contributed by atoms with Gasteiger partial charge < -0.3 is 10.5 Å². The molecule has 0 aromatic carbocycles. The van der Waals surface area contributed by atoms with E-state index in [1.807, 2.05) is 0 Å². The van der Waals surface area contributed by atoms with E-state index in [9.17, 15) is 0 Å². The molecule has 0 saturated heterocycles. The minimum absolute atomic E-state index is 0.354. The standard InChI is InChI=1S/C15H27NO/c16-12-13-8-6-7-11-15(13)17-14-9-4-2-1-3-5-10-14/h4,9,13-15H,1-3,5-8,10-12,16H2/b9-4+. The second-order valence-corrected chi connectivity index (χ2v) is 5.56. The lowest BCUT2D eigenvalue weighted by molar-refractivity contribution is -0.0420. The summed E-state index contributed by atoms with van der Waals surface area (Å²) in [6.07, 6.45) is 16.9. The van der Waals surface area contributed by atoms with E-state index >= 15 is 0 Å². The monoisotopic (exact) mass is 237 g/mol. The molecule has 0 aliphatic heterocycles. The van der Waals surface area contributed by atoms with Crippen LogP contribution in [0.1, 0.15) is 57.8 Å². The lowest BCUT2D eigenvalue weighted by Crippen LogP contribution is -2.35. The van der Waals surface area contributed by atoms with E-state index < -0.39 is 0 Å². The molecule has 0 bridgehead atoms. The van der Waals surface area contributed by atoms with Crippen LogP contribution in [0.15, 0.2) is 12.2 Å². The van der Waals surface area contributed by atoms with Gasteiger partial charge in [-0.3, -0.25) is 0 Å². The molecule has 0 heterocycles. The van der Waals surface area contributed by atoms with Gasteiger partial charge in [0, 0.05) is 0 Å². The highest BCUT2D eigenvalue weighted by Crippen LogP contribution is 2.28. The molecule has 2 aliphatic rings. The van der Waals surface area contributed by atoms with Crippen LogP contribution in [-0.2, 0) is 4.74 Å². The Morgan fingerprint density at radius 3 is 2.71 bits per heavy atom. The summed E-state index contributed by atoms with van der Waals surface area (Å²) in [7, 11) is 0. The quantitative estimate of drug-likeness (QED) is 0.763. The Bertz CT molecular complexity index is 239. The van der Waals surface area contributed by atoms with E-state index in [-0.39, 0.29) is 0 Å². The summed E-state index contributed by atoms with van der Waals surface area (Å²) in [6, 6.07) is 0. The first-order valence-corrected chi connectivity index (χ1v) is 7.42. The van der Waals surface area contributed by atoms with Crippen LogP contribution in [0, 0.1) is 5.92 Å². The van der Waals surface area contributed by atoms with Crippen molar-refractivity contribution in [1.29, 1.82) is 0 Å². The zero-order chi connectivity index (χ0) is 11.9. The van der Waals surface area contributed by atoms with Crippen LogP contribution < -0.4 is 5.73 Å². The molecule has 2 aliphatic carbocycles. The molecule has 98 valence electrons. The summed E-state index contributed by atoms with van der Waals surface area (Å²) in [5.41, 5.74) is 5.86. The summed E-state index contributed by atoms with van der Waals surface area (Å²) in [4.78, 5) is 0. The molecule has 17 heavy (non-hydrogen) atoms. The number of nitrogens with two attached hydrogens (primary N) is 1. The molecular formula is C15H27NO. The highest BCUT2D eigenvalue weighted by atomic mass is 16.5. The van der Waals surface area contributed by atoms with Crippen molar-refractivity contribution in [2.75, 3.05) is 6.54 Å². The Hall–Kier alpha value is -0.340. The van der Waals surface area contributed by atoms with Gasteiger partial charge in [0.1, 0.15) is 0 Å². The highest BCUT2D eigenvalue weighted by Gasteiger charge is 2.26. The zero-order valence-corrected chi connectivity index (χ0v) is 10.9. The summed E-state index contributed by atoms with van der Waals surface area (Å²) < 4.78 is 6.30. The largest absolute Gasteiger partial charge is 0.371 e. The van der Waals surface area contributed by atoms with Crippen LogP contribution >= 0.6 is 0 Å². The second-order valence-electron chi connectivity index (χ2n) is 5.56.